The van der Waals surface area contributed by atoms with Gasteiger partial charge in [0.05, 0.1) is 17.7 Å². The summed E-state index contributed by atoms with van der Waals surface area (Å²) in [4.78, 5) is 29.6. The molecule has 0 aliphatic carbocycles. The topological polar surface area (TPSA) is 71.1 Å². The fourth-order valence-electron chi connectivity index (χ4n) is 2.75. The molecular formula is C21H21N3O2S. The Morgan fingerprint density at radius 3 is 2.52 bits per heavy atom. The van der Waals surface area contributed by atoms with Gasteiger partial charge in [0.15, 0.2) is 0 Å². The normalized spacial score (nSPS) is 11.6. The molecule has 2 N–H and O–H groups in total. The predicted octanol–water partition coefficient (Wildman–Crippen LogP) is 3.11. The summed E-state index contributed by atoms with van der Waals surface area (Å²) >= 11 is 1.48. The van der Waals surface area contributed by atoms with Crippen LogP contribution in [0.3, 0.4) is 0 Å². The summed E-state index contributed by atoms with van der Waals surface area (Å²) in [5.74, 6) is -0.480. The Kier molecular flexibility index (Phi) is 6.33. The fourth-order valence-corrected chi connectivity index (χ4v) is 3.31. The van der Waals surface area contributed by atoms with Gasteiger partial charge in [0.1, 0.15) is 6.04 Å². The Morgan fingerprint density at radius 2 is 1.81 bits per heavy atom. The first-order valence-electron chi connectivity index (χ1n) is 8.68. The zero-order chi connectivity index (χ0) is 19.1. The van der Waals surface area contributed by atoms with Gasteiger partial charge in [-0.05, 0) is 24.1 Å². The maximum atomic E-state index is 12.7. The van der Waals surface area contributed by atoms with E-state index in [0.717, 1.165) is 16.8 Å². The van der Waals surface area contributed by atoms with Gasteiger partial charge in [-0.3, -0.25) is 9.59 Å². The third-order valence-corrected chi connectivity index (χ3v) is 4.86. The van der Waals surface area contributed by atoms with Gasteiger partial charge in [-0.15, -0.1) is 11.3 Å². The number of carbonyl (C=O) groups excluding carboxylic acids is 2. The smallest absolute Gasteiger partial charge is 0.252 e. The highest BCUT2D eigenvalue weighted by Gasteiger charge is 2.22. The van der Waals surface area contributed by atoms with Gasteiger partial charge in [-0.2, -0.15) is 0 Å². The van der Waals surface area contributed by atoms with Crippen LogP contribution < -0.4 is 10.6 Å². The first-order chi connectivity index (χ1) is 13.1. The van der Waals surface area contributed by atoms with Crippen LogP contribution in [0.1, 0.15) is 27.2 Å². The highest BCUT2D eigenvalue weighted by Crippen LogP contribution is 2.09. The molecule has 1 heterocycles. The summed E-state index contributed by atoms with van der Waals surface area (Å²) in [5, 5.41) is 7.64. The minimum absolute atomic E-state index is 0.228. The second kappa shape index (κ2) is 9.09. The summed E-state index contributed by atoms with van der Waals surface area (Å²) in [6.45, 7) is 2.22. The zero-order valence-electron chi connectivity index (χ0n) is 15.0. The molecule has 0 aliphatic heterocycles. The average Bonchev–Trinajstić information content (AvgIpc) is 3.20. The molecular weight excluding hydrogens is 358 g/mol. The Morgan fingerprint density at radius 1 is 1.07 bits per heavy atom. The van der Waals surface area contributed by atoms with E-state index in [2.05, 4.69) is 15.6 Å². The number of thiazole rings is 1. The van der Waals surface area contributed by atoms with Crippen LogP contribution in [-0.4, -0.2) is 22.8 Å². The van der Waals surface area contributed by atoms with Crippen LogP contribution in [0.25, 0.3) is 0 Å². The maximum absolute atomic E-state index is 12.7. The van der Waals surface area contributed by atoms with E-state index in [9.17, 15) is 9.59 Å². The second-order valence-corrected chi connectivity index (χ2v) is 6.95. The van der Waals surface area contributed by atoms with E-state index < -0.39 is 6.04 Å². The van der Waals surface area contributed by atoms with E-state index >= 15 is 0 Å². The lowest BCUT2D eigenvalue weighted by Gasteiger charge is -2.19. The molecule has 0 saturated carbocycles. The van der Waals surface area contributed by atoms with Gasteiger partial charge in [-0.1, -0.05) is 48.5 Å². The molecule has 0 spiro atoms. The van der Waals surface area contributed by atoms with E-state index in [0.29, 0.717) is 18.5 Å². The van der Waals surface area contributed by atoms with E-state index in [1.807, 2.05) is 60.8 Å². The number of hydrogen-bond donors (Lipinski definition) is 2. The fraction of sp³-hybridized carbons (Fsp3) is 0.190. The largest absolute Gasteiger partial charge is 0.349 e. The molecule has 3 aromatic rings. The van der Waals surface area contributed by atoms with E-state index in [4.69, 9.17) is 0 Å². The SMILES string of the molecule is Cc1ccccc1C(=O)N[C@H](Cc1ccccc1)C(=O)NCc1cscn1. The quantitative estimate of drug-likeness (QED) is 0.663. The molecule has 1 aromatic heterocycles. The van der Waals surface area contributed by atoms with Gasteiger partial charge < -0.3 is 10.6 Å². The molecule has 0 saturated heterocycles. The lowest BCUT2D eigenvalue weighted by Crippen LogP contribution is -2.48. The first-order valence-corrected chi connectivity index (χ1v) is 9.63. The van der Waals surface area contributed by atoms with Gasteiger partial charge in [-0.25, -0.2) is 4.98 Å². The van der Waals surface area contributed by atoms with E-state index in [1.54, 1.807) is 11.6 Å². The molecule has 3 rings (SSSR count). The lowest BCUT2D eigenvalue weighted by atomic mass is 10.0. The minimum atomic E-state index is -0.668. The van der Waals surface area contributed by atoms with Crippen LogP contribution in [0.5, 0.6) is 0 Å². The van der Waals surface area contributed by atoms with Crippen LogP contribution in [0.4, 0.5) is 0 Å². The van der Waals surface area contributed by atoms with Crippen molar-refractivity contribution in [2.24, 2.45) is 0 Å². The molecule has 2 aromatic carbocycles. The molecule has 0 aliphatic rings. The van der Waals surface area contributed by atoms with E-state index in [1.165, 1.54) is 11.3 Å². The predicted molar refractivity (Wildman–Crippen MR) is 107 cm³/mol. The maximum Gasteiger partial charge on any atom is 0.252 e. The lowest BCUT2D eigenvalue weighted by molar-refractivity contribution is -0.123. The molecule has 0 radical (unpaired) electrons. The third kappa shape index (κ3) is 5.24. The van der Waals surface area contributed by atoms with Crippen LogP contribution in [-0.2, 0) is 17.8 Å². The van der Waals surface area contributed by atoms with Crippen molar-refractivity contribution >= 4 is 23.2 Å². The molecule has 6 heteroatoms. The van der Waals surface area contributed by atoms with Crippen molar-refractivity contribution in [2.75, 3.05) is 0 Å². The summed E-state index contributed by atoms with van der Waals surface area (Å²) in [5.41, 5.74) is 4.95. The highest BCUT2D eigenvalue weighted by atomic mass is 32.1. The molecule has 2 amide bonds. The number of nitrogens with zero attached hydrogens (tertiary/aromatic N) is 1. The van der Waals surface area contributed by atoms with Crippen molar-refractivity contribution in [3.8, 4) is 0 Å². The summed E-state index contributed by atoms with van der Waals surface area (Å²) in [7, 11) is 0. The number of nitrogens with one attached hydrogen (secondary N) is 2. The van der Waals surface area contributed by atoms with Crippen molar-refractivity contribution in [1.29, 1.82) is 0 Å². The van der Waals surface area contributed by atoms with Gasteiger partial charge in [0, 0.05) is 17.4 Å². The second-order valence-electron chi connectivity index (χ2n) is 6.23. The van der Waals surface area contributed by atoms with Gasteiger partial charge >= 0.3 is 0 Å². The monoisotopic (exact) mass is 379 g/mol. The number of amides is 2. The molecule has 5 nitrogen and oxygen atoms in total. The summed E-state index contributed by atoms with van der Waals surface area (Å²) in [6.07, 6.45) is 0.418. The van der Waals surface area contributed by atoms with Crippen molar-refractivity contribution in [2.45, 2.75) is 25.9 Å². The average molecular weight is 379 g/mol. The number of carbonyl (C=O) groups is 2. The summed E-state index contributed by atoms with van der Waals surface area (Å²) in [6, 6.07) is 16.3. The molecule has 0 fully saturated rings. The van der Waals surface area contributed by atoms with Crippen molar-refractivity contribution < 1.29 is 9.59 Å². The zero-order valence-corrected chi connectivity index (χ0v) is 15.8. The number of aromatic nitrogens is 1. The van der Waals surface area contributed by atoms with Crippen LogP contribution in [0, 0.1) is 6.92 Å². The number of benzene rings is 2. The third-order valence-electron chi connectivity index (χ3n) is 4.22. The Labute approximate surface area is 162 Å². The molecule has 138 valence electrons. The van der Waals surface area contributed by atoms with Crippen LogP contribution >= 0.6 is 11.3 Å². The Balaban J connectivity index is 1.73. The number of rotatable bonds is 7. The van der Waals surface area contributed by atoms with Crippen molar-refractivity contribution in [1.82, 2.24) is 15.6 Å². The Bertz CT molecular complexity index is 895. The van der Waals surface area contributed by atoms with Gasteiger partial charge in [0.2, 0.25) is 5.91 Å². The summed E-state index contributed by atoms with van der Waals surface area (Å²) < 4.78 is 0. The highest BCUT2D eigenvalue weighted by molar-refractivity contribution is 7.07. The van der Waals surface area contributed by atoms with Gasteiger partial charge in [0.25, 0.3) is 5.91 Å². The molecule has 0 bridgehead atoms. The van der Waals surface area contributed by atoms with E-state index in [-0.39, 0.29) is 11.8 Å². The number of aryl methyl sites for hydroxylation is 1. The van der Waals surface area contributed by atoms with Crippen LogP contribution in [0.2, 0.25) is 0 Å². The van der Waals surface area contributed by atoms with Crippen LogP contribution in [0.15, 0.2) is 65.5 Å². The standard InChI is InChI=1S/C21H21N3O2S/c1-15-7-5-6-10-18(15)20(25)24-19(11-16-8-3-2-4-9-16)21(26)22-12-17-13-27-14-23-17/h2-10,13-14,19H,11-12H2,1H3,(H,22,26)(H,24,25)/t19-/m1/s1. The Hall–Kier alpha value is -2.99. The number of hydrogen-bond acceptors (Lipinski definition) is 4. The molecule has 0 unspecified atom stereocenters. The molecule has 27 heavy (non-hydrogen) atoms. The first kappa shape index (κ1) is 18.8. The van der Waals surface area contributed by atoms with Crippen molar-refractivity contribution in [3.05, 3.63) is 87.9 Å². The molecule has 1 atom stereocenters. The van der Waals surface area contributed by atoms with Crippen molar-refractivity contribution in [3.63, 3.8) is 0 Å². The minimum Gasteiger partial charge on any atom is -0.349 e.